The first-order chi connectivity index (χ1) is 15.3. The number of nitrogens with zero attached hydrogens (tertiary/aromatic N) is 3. The van der Waals surface area contributed by atoms with Crippen LogP contribution < -0.4 is 10.6 Å². The molecule has 9 nitrogen and oxygen atoms in total. The minimum Gasteiger partial charge on any atom is -0.444 e. The second-order valence-corrected chi connectivity index (χ2v) is 10.4. The number of hydrogen-bond acceptors (Lipinski definition) is 7. The lowest BCUT2D eigenvalue weighted by atomic mass is 10.1. The van der Waals surface area contributed by atoms with Crippen molar-refractivity contribution in [2.75, 3.05) is 11.9 Å². The van der Waals surface area contributed by atoms with Crippen LogP contribution in [0.25, 0.3) is 0 Å². The Morgan fingerprint density at radius 3 is 2.48 bits per heavy atom. The molecule has 33 heavy (non-hydrogen) atoms. The number of likely N-dealkylation sites (tertiary alicyclic amines) is 1. The first kappa shape index (κ1) is 25.3. The molecule has 0 spiro atoms. The summed E-state index contributed by atoms with van der Waals surface area (Å²) in [4.78, 5) is 31.4. The van der Waals surface area contributed by atoms with Crippen LogP contribution in [0.4, 0.5) is 10.5 Å². The summed E-state index contributed by atoms with van der Waals surface area (Å²) >= 11 is 12.0. The van der Waals surface area contributed by atoms with E-state index in [1.54, 1.807) is 52.8 Å². The molecule has 2 N–H and O–H groups in total. The van der Waals surface area contributed by atoms with Crippen molar-refractivity contribution in [1.29, 1.82) is 0 Å². The third kappa shape index (κ3) is 7.06. The number of amides is 2. The van der Waals surface area contributed by atoms with Crippen LogP contribution in [0, 0.1) is 0 Å². The molecule has 1 saturated heterocycles. The van der Waals surface area contributed by atoms with E-state index in [0.717, 1.165) is 6.42 Å². The van der Waals surface area contributed by atoms with Crippen LogP contribution in [-0.4, -0.2) is 45.2 Å². The van der Waals surface area contributed by atoms with Crippen LogP contribution in [0.2, 0.25) is 10.0 Å². The zero-order valence-corrected chi connectivity index (χ0v) is 20.9. The molecule has 2 aromatic rings. The highest BCUT2D eigenvalue weighted by atomic mass is 35.5. The Morgan fingerprint density at radius 2 is 1.85 bits per heavy atom. The maximum Gasteiger partial charge on any atom is 0.408 e. The molecule has 0 bridgehead atoms. The summed E-state index contributed by atoms with van der Waals surface area (Å²) in [5.41, 5.74) is -0.985. The molecule has 180 valence electrons. The van der Waals surface area contributed by atoms with Gasteiger partial charge in [-0.05, 0) is 72.2 Å². The molecule has 11 heteroatoms. The van der Waals surface area contributed by atoms with E-state index >= 15 is 0 Å². The molecule has 2 amide bonds. The summed E-state index contributed by atoms with van der Waals surface area (Å²) < 4.78 is 10.7. The Labute approximate surface area is 203 Å². The van der Waals surface area contributed by atoms with Gasteiger partial charge < -0.3 is 19.9 Å². The second-order valence-electron chi connectivity index (χ2n) is 9.54. The standard InChI is InChI=1S/C22H29Cl2N5O4/c1-21(2,3)32-20(31)27-22(4,5)19-26-17(33-28-19)12-29-8-6-7-16(29)18(30)25-15-10-13(23)9-14(24)11-15/h9-11,16H,6-8,12H2,1-5H3,(H,25,30)(H,27,31). The number of rotatable bonds is 6. The average Bonchev–Trinajstić information content (AvgIpc) is 3.29. The van der Waals surface area contributed by atoms with Crippen LogP contribution in [0.5, 0.6) is 0 Å². The van der Waals surface area contributed by atoms with Crippen molar-refractivity contribution in [3.05, 3.63) is 40.0 Å². The zero-order valence-electron chi connectivity index (χ0n) is 19.4. The molecule has 1 aliphatic rings. The molecule has 1 aromatic carbocycles. The van der Waals surface area contributed by atoms with E-state index in [9.17, 15) is 9.59 Å². The molecule has 2 heterocycles. The van der Waals surface area contributed by atoms with Crippen LogP contribution in [0.3, 0.4) is 0 Å². The Balaban J connectivity index is 1.63. The average molecular weight is 498 g/mol. The van der Waals surface area contributed by atoms with Crippen LogP contribution in [0.15, 0.2) is 22.7 Å². The number of carbonyl (C=O) groups is 2. The lowest BCUT2D eigenvalue weighted by molar-refractivity contribution is -0.120. The predicted molar refractivity (Wildman–Crippen MR) is 125 cm³/mol. The van der Waals surface area contributed by atoms with Crippen LogP contribution in [-0.2, 0) is 21.6 Å². The molecular weight excluding hydrogens is 469 g/mol. The molecule has 3 rings (SSSR count). The van der Waals surface area contributed by atoms with Crippen molar-refractivity contribution in [2.45, 2.75) is 71.2 Å². The maximum absolute atomic E-state index is 12.9. The quantitative estimate of drug-likeness (QED) is 0.592. The fourth-order valence-corrected chi connectivity index (χ4v) is 4.05. The van der Waals surface area contributed by atoms with Crippen LogP contribution in [0.1, 0.15) is 59.2 Å². The van der Waals surface area contributed by atoms with Gasteiger partial charge in [-0.1, -0.05) is 28.4 Å². The molecule has 1 aromatic heterocycles. The first-order valence-electron chi connectivity index (χ1n) is 10.7. The molecule has 0 saturated carbocycles. The number of benzene rings is 1. The number of alkyl carbamates (subject to hydrolysis) is 1. The van der Waals surface area contributed by atoms with E-state index in [-0.39, 0.29) is 11.9 Å². The monoisotopic (exact) mass is 497 g/mol. The first-order valence-corrected chi connectivity index (χ1v) is 11.4. The molecule has 0 radical (unpaired) electrons. The van der Waals surface area contributed by atoms with Crippen molar-refractivity contribution in [2.24, 2.45) is 0 Å². The fraction of sp³-hybridized carbons (Fsp3) is 0.545. The number of aromatic nitrogens is 2. The van der Waals surface area contributed by atoms with Crippen molar-refractivity contribution in [3.8, 4) is 0 Å². The number of nitrogens with one attached hydrogen (secondary N) is 2. The number of carbonyl (C=O) groups excluding carboxylic acids is 2. The minimum absolute atomic E-state index is 0.155. The van der Waals surface area contributed by atoms with Gasteiger partial charge in [0.15, 0.2) is 5.82 Å². The van der Waals surface area contributed by atoms with E-state index in [0.29, 0.717) is 47.0 Å². The SMILES string of the molecule is CC(C)(C)OC(=O)NC(C)(C)c1noc(CN2CCCC2C(=O)Nc2cc(Cl)cc(Cl)c2)n1. The van der Waals surface area contributed by atoms with Gasteiger partial charge in [-0.2, -0.15) is 4.98 Å². The summed E-state index contributed by atoms with van der Waals surface area (Å²) in [6.45, 7) is 9.90. The summed E-state index contributed by atoms with van der Waals surface area (Å²) in [5.74, 6) is 0.518. The summed E-state index contributed by atoms with van der Waals surface area (Å²) in [6.07, 6.45) is 0.990. The van der Waals surface area contributed by atoms with E-state index in [1.165, 1.54) is 0 Å². The Bertz CT molecular complexity index is 998. The van der Waals surface area contributed by atoms with E-state index in [2.05, 4.69) is 20.8 Å². The van der Waals surface area contributed by atoms with E-state index in [1.807, 2.05) is 4.90 Å². The smallest absolute Gasteiger partial charge is 0.408 e. The molecule has 1 aliphatic heterocycles. The van der Waals surface area contributed by atoms with Crippen LogP contribution >= 0.6 is 23.2 Å². The summed E-state index contributed by atoms with van der Waals surface area (Å²) in [5, 5.41) is 10.5. The largest absolute Gasteiger partial charge is 0.444 e. The predicted octanol–water partition coefficient (Wildman–Crippen LogP) is 4.74. The molecule has 1 unspecified atom stereocenters. The van der Waals surface area contributed by atoms with Gasteiger partial charge in [-0.3, -0.25) is 9.69 Å². The number of halogens is 2. The Hall–Kier alpha value is -2.36. The molecular formula is C22H29Cl2N5O4. The van der Waals surface area contributed by atoms with Gasteiger partial charge in [0.25, 0.3) is 0 Å². The van der Waals surface area contributed by atoms with E-state index < -0.39 is 17.2 Å². The number of hydrogen-bond donors (Lipinski definition) is 2. The van der Waals surface area contributed by atoms with E-state index in [4.69, 9.17) is 32.5 Å². The highest BCUT2D eigenvalue weighted by Gasteiger charge is 2.34. The normalized spacial score (nSPS) is 17.1. The molecule has 0 aliphatic carbocycles. The van der Waals surface area contributed by atoms with Gasteiger partial charge in [0.2, 0.25) is 11.8 Å². The maximum atomic E-state index is 12.9. The highest BCUT2D eigenvalue weighted by Crippen LogP contribution is 2.26. The highest BCUT2D eigenvalue weighted by molar-refractivity contribution is 6.35. The van der Waals surface area contributed by atoms with Crippen molar-refractivity contribution < 1.29 is 18.8 Å². The lowest BCUT2D eigenvalue weighted by Crippen LogP contribution is -2.44. The van der Waals surface area contributed by atoms with Gasteiger partial charge in [0.05, 0.1) is 12.6 Å². The van der Waals surface area contributed by atoms with Gasteiger partial charge in [-0.25, -0.2) is 4.79 Å². The van der Waals surface area contributed by atoms with Gasteiger partial charge >= 0.3 is 6.09 Å². The van der Waals surface area contributed by atoms with Crippen molar-refractivity contribution >= 4 is 40.9 Å². The summed E-state index contributed by atoms with van der Waals surface area (Å²) in [7, 11) is 0. The summed E-state index contributed by atoms with van der Waals surface area (Å²) in [6, 6.07) is 4.54. The second kappa shape index (κ2) is 9.87. The molecule has 1 fully saturated rings. The third-order valence-electron chi connectivity index (χ3n) is 4.98. The Morgan fingerprint density at radius 1 is 1.18 bits per heavy atom. The van der Waals surface area contributed by atoms with Crippen molar-refractivity contribution in [3.63, 3.8) is 0 Å². The van der Waals surface area contributed by atoms with Gasteiger partial charge in [0, 0.05) is 15.7 Å². The van der Waals surface area contributed by atoms with Gasteiger partial charge in [-0.15, -0.1) is 0 Å². The van der Waals surface area contributed by atoms with Crippen molar-refractivity contribution in [1.82, 2.24) is 20.4 Å². The van der Waals surface area contributed by atoms with Gasteiger partial charge in [0.1, 0.15) is 11.1 Å². The topological polar surface area (TPSA) is 110 Å². The number of ether oxygens (including phenoxy) is 1. The fourth-order valence-electron chi connectivity index (χ4n) is 3.53. The Kier molecular flexibility index (Phi) is 7.55. The minimum atomic E-state index is -0.905. The third-order valence-corrected chi connectivity index (χ3v) is 5.41. The number of anilines is 1. The molecule has 1 atom stereocenters. The lowest BCUT2D eigenvalue weighted by Gasteiger charge is -2.26. The zero-order chi connectivity index (χ0) is 24.4.